The van der Waals surface area contributed by atoms with Crippen molar-refractivity contribution in [3.63, 3.8) is 0 Å². The van der Waals surface area contributed by atoms with Gasteiger partial charge in [-0.15, -0.1) is 0 Å². The molecule has 8 heteroatoms. The molecule has 30 heavy (non-hydrogen) atoms. The highest BCUT2D eigenvalue weighted by atomic mass is 16.7. The van der Waals surface area contributed by atoms with Crippen LogP contribution in [0.4, 0.5) is 0 Å². The number of aromatic nitrogens is 1. The standard InChI is InChI=1S/C22H26N2O6/c1-13(2)24-14(3)8-18(16(24)5)19(25)10-27-22(26)11-30-23-15(4)17-6-7-20-21(9-17)29-12-28-20/h6-9,13H,10-12H2,1-5H3/b23-15-. The first-order valence-corrected chi connectivity index (χ1v) is 9.71. The second-order valence-electron chi connectivity index (χ2n) is 7.35. The normalized spacial score (nSPS) is 12.9. The average Bonchev–Trinajstić information content (AvgIpc) is 3.29. The SMILES string of the molecule is C/C(=N/OCC(=O)OCC(=O)c1cc(C)n(C(C)C)c1C)c1ccc2c(c1)OCO2. The highest BCUT2D eigenvalue weighted by molar-refractivity contribution is 5.99. The van der Waals surface area contributed by atoms with Crippen LogP contribution in [0.25, 0.3) is 0 Å². The number of carbonyl (C=O) groups excluding carboxylic acids is 2. The van der Waals surface area contributed by atoms with Crippen molar-refractivity contribution in [1.29, 1.82) is 0 Å². The van der Waals surface area contributed by atoms with Crippen LogP contribution in [0.1, 0.15) is 54.1 Å². The van der Waals surface area contributed by atoms with Crippen LogP contribution < -0.4 is 9.47 Å². The number of ketones is 1. The summed E-state index contributed by atoms with van der Waals surface area (Å²) in [6.07, 6.45) is 0. The Hall–Kier alpha value is -3.29. The molecule has 160 valence electrons. The summed E-state index contributed by atoms with van der Waals surface area (Å²) in [5.74, 6) is 0.401. The number of benzene rings is 1. The lowest BCUT2D eigenvalue weighted by molar-refractivity contribution is -0.147. The molecule has 0 atom stereocenters. The summed E-state index contributed by atoms with van der Waals surface area (Å²) in [6.45, 7) is 9.15. The molecule has 1 aromatic carbocycles. The predicted octanol–water partition coefficient (Wildman–Crippen LogP) is 3.58. The van der Waals surface area contributed by atoms with Crippen molar-refractivity contribution in [2.45, 2.75) is 40.7 Å². The Morgan fingerprint density at radius 2 is 1.87 bits per heavy atom. The highest BCUT2D eigenvalue weighted by Crippen LogP contribution is 2.32. The molecule has 3 rings (SSSR count). The van der Waals surface area contributed by atoms with Crippen molar-refractivity contribution < 1.29 is 28.6 Å². The van der Waals surface area contributed by atoms with E-state index in [1.165, 1.54) is 0 Å². The number of hydrogen-bond acceptors (Lipinski definition) is 7. The highest BCUT2D eigenvalue weighted by Gasteiger charge is 2.19. The summed E-state index contributed by atoms with van der Waals surface area (Å²) in [5, 5.41) is 3.92. The summed E-state index contributed by atoms with van der Waals surface area (Å²) < 4.78 is 17.7. The van der Waals surface area contributed by atoms with Gasteiger partial charge in [0.1, 0.15) is 0 Å². The number of fused-ring (bicyclic) bond motifs is 1. The maximum atomic E-state index is 12.4. The molecule has 1 aliphatic rings. The lowest BCUT2D eigenvalue weighted by atomic mass is 10.1. The van der Waals surface area contributed by atoms with Crippen molar-refractivity contribution in [2.75, 3.05) is 20.0 Å². The molecule has 0 fully saturated rings. The lowest BCUT2D eigenvalue weighted by Crippen LogP contribution is -2.18. The Kier molecular flexibility index (Phi) is 6.44. The molecule has 2 heterocycles. The van der Waals surface area contributed by atoms with Gasteiger partial charge in [-0.2, -0.15) is 0 Å². The van der Waals surface area contributed by atoms with Crippen LogP contribution in [0, 0.1) is 13.8 Å². The molecule has 2 aromatic rings. The fraction of sp³-hybridized carbons (Fsp3) is 0.409. The molecule has 0 radical (unpaired) electrons. The molecule has 0 amide bonds. The Balaban J connectivity index is 1.50. The van der Waals surface area contributed by atoms with Gasteiger partial charge < -0.3 is 23.6 Å². The van der Waals surface area contributed by atoms with Crippen LogP contribution in [0.3, 0.4) is 0 Å². The van der Waals surface area contributed by atoms with E-state index in [-0.39, 0.29) is 31.8 Å². The van der Waals surface area contributed by atoms with Crippen molar-refractivity contribution >= 4 is 17.5 Å². The zero-order chi connectivity index (χ0) is 21.8. The lowest BCUT2D eigenvalue weighted by Gasteiger charge is -2.13. The zero-order valence-corrected chi connectivity index (χ0v) is 17.9. The van der Waals surface area contributed by atoms with E-state index in [1.807, 2.05) is 26.0 Å². The van der Waals surface area contributed by atoms with E-state index in [2.05, 4.69) is 23.6 Å². The van der Waals surface area contributed by atoms with Crippen LogP contribution in [0.15, 0.2) is 29.4 Å². The monoisotopic (exact) mass is 414 g/mol. The first kappa shape index (κ1) is 21.4. The Bertz CT molecular complexity index is 990. The van der Waals surface area contributed by atoms with E-state index in [9.17, 15) is 9.59 Å². The number of carbonyl (C=O) groups is 2. The zero-order valence-electron chi connectivity index (χ0n) is 17.9. The van der Waals surface area contributed by atoms with E-state index in [0.717, 1.165) is 17.0 Å². The summed E-state index contributed by atoms with van der Waals surface area (Å²) in [7, 11) is 0. The van der Waals surface area contributed by atoms with Gasteiger partial charge in [-0.25, -0.2) is 4.79 Å². The molecule has 0 N–H and O–H groups in total. The summed E-state index contributed by atoms with van der Waals surface area (Å²) in [4.78, 5) is 29.4. The quantitative estimate of drug-likeness (QED) is 0.284. The van der Waals surface area contributed by atoms with Gasteiger partial charge in [0.25, 0.3) is 0 Å². The van der Waals surface area contributed by atoms with Gasteiger partial charge in [-0.1, -0.05) is 5.16 Å². The number of hydrogen-bond donors (Lipinski definition) is 0. The topological polar surface area (TPSA) is 88.4 Å². The minimum Gasteiger partial charge on any atom is -0.455 e. The number of rotatable bonds is 8. The minimum absolute atomic E-state index is 0.192. The maximum Gasteiger partial charge on any atom is 0.347 e. The number of esters is 1. The second kappa shape index (κ2) is 9.02. The Morgan fingerprint density at radius 3 is 2.57 bits per heavy atom. The minimum atomic E-state index is -0.664. The Labute approximate surface area is 175 Å². The van der Waals surface area contributed by atoms with Gasteiger partial charge >= 0.3 is 5.97 Å². The molecule has 1 aromatic heterocycles. The molecule has 0 spiro atoms. The molecule has 1 aliphatic heterocycles. The van der Waals surface area contributed by atoms with E-state index in [0.29, 0.717) is 22.8 Å². The molecule has 8 nitrogen and oxygen atoms in total. The van der Waals surface area contributed by atoms with E-state index in [1.54, 1.807) is 19.1 Å². The molecule has 0 saturated heterocycles. The fourth-order valence-corrected chi connectivity index (χ4v) is 3.48. The summed E-state index contributed by atoms with van der Waals surface area (Å²) >= 11 is 0. The van der Waals surface area contributed by atoms with Gasteiger partial charge in [0.2, 0.25) is 19.2 Å². The molecule has 0 bridgehead atoms. The van der Waals surface area contributed by atoms with Gasteiger partial charge in [0.05, 0.1) is 5.71 Å². The van der Waals surface area contributed by atoms with Gasteiger partial charge in [-0.05, 0) is 58.9 Å². The Morgan fingerprint density at radius 1 is 1.13 bits per heavy atom. The first-order valence-electron chi connectivity index (χ1n) is 9.71. The van der Waals surface area contributed by atoms with Crippen molar-refractivity contribution in [2.24, 2.45) is 5.16 Å². The third kappa shape index (κ3) is 4.64. The van der Waals surface area contributed by atoms with Crippen LogP contribution in [-0.2, 0) is 14.4 Å². The fourth-order valence-electron chi connectivity index (χ4n) is 3.48. The third-order valence-corrected chi connectivity index (χ3v) is 4.84. The van der Waals surface area contributed by atoms with Gasteiger partial charge in [0.15, 0.2) is 18.1 Å². The molecular weight excluding hydrogens is 388 g/mol. The number of ether oxygens (including phenoxy) is 3. The van der Waals surface area contributed by atoms with E-state index in [4.69, 9.17) is 19.0 Å². The second-order valence-corrected chi connectivity index (χ2v) is 7.35. The van der Waals surface area contributed by atoms with Crippen molar-refractivity contribution in [1.82, 2.24) is 4.57 Å². The van der Waals surface area contributed by atoms with Crippen molar-refractivity contribution in [3.8, 4) is 11.5 Å². The first-order chi connectivity index (χ1) is 14.3. The van der Waals surface area contributed by atoms with Crippen LogP contribution in [0.2, 0.25) is 0 Å². The van der Waals surface area contributed by atoms with Crippen LogP contribution >= 0.6 is 0 Å². The number of Topliss-reactive ketones (excluding diaryl/α,β-unsaturated/α-hetero) is 1. The largest absolute Gasteiger partial charge is 0.455 e. The number of oxime groups is 1. The van der Waals surface area contributed by atoms with E-state index >= 15 is 0 Å². The smallest absolute Gasteiger partial charge is 0.347 e. The maximum absolute atomic E-state index is 12.4. The molecular formula is C22H26N2O6. The number of nitrogens with zero attached hydrogens (tertiary/aromatic N) is 2. The van der Waals surface area contributed by atoms with Crippen LogP contribution in [-0.4, -0.2) is 42.0 Å². The van der Waals surface area contributed by atoms with Gasteiger partial charge in [-0.3, -0.25) is 4.79 Å². The summed E-state index contributed by atoms with van der Waals surface area (Å²) in [6, 6.07) is 7.46. The predicted molar refractivity (Wildman–Crippen MR) is 110 cm³/mol. The third-order valence-electron chi connectivity index (χ3n) is 4.84. The van der Waals surface area contributed by atoms with Crippen LogP contribution in [0.5, 0.6) is 11.5 Å². The van der Waals surface area contributed by atoms with Gasteiger partial charge in [0, 0.05) is 28.6 Å². The molecule has 0 aliphatic carbocycles. The molecule has 0 unspecified atom stereocenters. The molecule has 0 saturated carbocycles. The van der Waals surface area contributed by atoms with Crippen molar-refractivity contribution in [3.05, 3.63) is 46.8 Å². The van der Waals surface area contributed by atoms with E-state index < -0.39 is 5.97 Å². The average molecular weight is 414 g/mol. The number of aryl methyl sites for hydroxylation is 1. The summed E-state index contributed by atoms with van der Waals surface area (Å²) in [5.41, 5.74) is 3.77.